The summed E-state index contributed by atoms with van der Waals surface area (Å²) in [6, 6.07) is -0.949. The van der Waals surface area contributed by atoms with E-state index < -0.39 is 11.9 Å². The molecule has 9 nitrogen and oxygen atoms in total. The number of urea groups is 1. The average Bonchev–Trinajstić information content (AvgIpc) is 2.81. The van der Waals surface area contributed by atoms with Crippen LogP contribution in [0.3, 0.4) is 0 Å². The maximum Gasteiger partial charge on any atom is 0.315 e. The monoisotopic (exact) mass is 313 g/mol. The molecule has 0 bridgehead atoms. The summed E-state index contributed by atoms with van der Waals surface area (Å²) in [5.74, 6) is -0.814. The molecule has 2 rings (SSSR count). The number of rotatable bonds is 6. The summed E-state index contributed by atoms with van der Waals surface area (Å²) in [6.07, 6.45) is 0.489. The van der Waals surface area contributed by atoms with Crippen molar-refractivity contribution in [3.63, 3.8) is 0 Å². The molecule has 0 saturated carbocycles. The first-order chi connectivity index (χ1) is 10.6. The molecule has 1 unspecified atom stereocenters. The van der Waals surface area contributed by atoms with E-state index in [4.69, 9.17) is 10.5 Å². The highest BCUT2D eigenvalue weighted by atomic mass is 16.5. The number of hydrogen-bond acceptors (Lipinski definition) is 5. The van der Waals surface area contributed by atoms with Crippen molar-refractivity contribution >= 4 is 17.8 Å². The molecular formula is C13H23N5O4. The van der Waals surface area contributed by atoms with E-state index in [1.54, 1.807) is 0 Å². The first-order valence-corrected chi connectivity index (χ1v) is 7.48. The highest BCUT2D eigenvalue weighted by Gasteiger charge is 2.33. The molecule has 9 heteroatoms. The number of ether oxygens (including phenoxy) is 1. The molecule has 2 heterocycles. The summed E-state index contributed by atoms with van der Waals surface area (Å²) in [4.78, 5) is 38.1. The molecule has 0 radical (unpaired) electrons. The lowest BCUT2D eigenvalue weighted by Crippen LogP contribution is -2.49. The molecule has 0 aromatic carbocycles. The van der Waals surface area contributed by atoms with Crippen molar-refractivity contribution in [3.05, 3.63) is 0 Å². The van der Waals surface area contributed by atoms with E-state index in [1.165, 1.54) is 4.90 Å². The van der Waals surface area contributed by atoms with Crippen LogP contribution in [0.1, 0.15) is 6.42 Å². The lowest BCUT2D eigenvalue weighted by Gasteiger charge is -2.26. The molecule has 0 aromatic heterocycles. The highest BCUT2D eigenvalue weighted by molar-refractivity contribution is 5.91. The summed E-state index contributed by atoms with van der Waals surface area (Å²) in [5.41, 5.74) is 5.07. The predicted molar refractivity (Wildman–Crippen MR) is 78.0 cm³/mol. The second-order valence-corrected chi connectivity index (χ2v) is 5.42. The Labute approximate surface area is 129 Å². The number of amides is 4. The Morgan fingerprint density at radius 1 is 1.27 bits per heavy atom. The number of morpholine rings is 1. The van der Waals surface area contributed by atoms with E-state index in [0.717, 1.165) is 32.8 Å². The molecule has 22 heavy (non-hydrogen) atoms. The molecule has 0 aliphatic carbocycles. The van der Waals surface area contributed by atoms with E-state index in [-0.39, 0.29) is 18.5 Å². The Morgan fingerprint density at radius 2 is 2.00 bits per heavy atom. The van der Waals surface area contributed by atoms with Crippen molar-refractivity contribution in [3.8, 4) is 0 Å². The third-order valence-corrected chi connectivity index (χ3v) is 3.77. The van der Waals surface area contributed by atoms with Crippen LogP contribution in [0.25, 0.3) is 0 Å². The van der Waals surface area contributed by atoms with Gasteiger partial charge in [0.15, 0.2) is 0 Å². The van der Waals surface area contributed by atoms with Gasteiger partial charge in [-0.2, -0.15) is 0 Å². The number of carbonyl (C=O) groups excluding carboxylic acids is 3. The van der Waals surface area contributed by atoms with Gasteiger partial charge in [-0.15, -0.1) is 0 Å². The van der Waals surface area contributed by atoms with Crippen LogP contribution in [0, 0.1) is 0 Å². The maximum absolute atomic E-state index is 12.0. The number of nitrogens with two attached hydrogens (primary N) is 1. The smallest absolute Gasteiger partial charge is 0.315 e. The lowest BCUT2D eigenvalue weighted by atomic mass is 10.2. The standard InChI is InChI=1S/C13H23N5O4/c14-11(19)9-18-3-1-10(12(18)20)16-13(21)15-2-4-17-5-7-22-8-6-17/h10H,1-9H2,(H2,14,19)(H2,15,16,21). The zero-order chi connectivity index (χ0) is 15.9. The predicted octanol–water partition coefficient (Wildman–Crippen LogP) is -2.30. The van der Waals surface area contributed by atoms with Crippen LogP contribution < -0.4 is 16.4 Å². The van der Waals surface area contributed by atoms with E-state index in [1.807, 2.05) is 0 Å². The largest absolute Gasteiger partial charge is 0.379 e. The SMILES string of the molecule is NC(=O)CN1CCC(NC(=O)NCCN2CCOCC2)C1=O. The number of primary amides is 1. The first-order valence-electron chi connectivity index (χ1n) is 7.48. The number of likely N-dealkylation sites (tertiary alicyclic amines) is 1. The molecule has 4 amide bonds. The lowest BCUT2D eigenvalue weighted by molar-refractivity contribution is -0.133. The fourth-order valence-electron chi connectivity index (χ4n) is 2.58. The van der Waals surface area contributed by atoms with Gasteiger partial charge in [0.1, 0.15) is 6.04 Å². The van der Waals surface area contributed by atoms with Crippen molar-refractivity contribution in [2.45, 2.75) is 12.5 Å². The van der Waals surface area contributed by atoms with Crippen LogP contribution in [0.2, 0.25) is 0 Å². The van der Waals surface area contributed by atoms with E-state index >= 15 is 0 Å². The third-order valence-electron chi connectivity index (χ3n) is 3.77. The minimum absolute atomic E-state index is 0.102. The van der Waals surface area contributed by atoms with E-state index in [0.29, 0.717) is 19.5 Å². The van der Waals surface area contributed by atoms with Crippen LogP contribution in [0.5, 0.6) is 0 Å². The Kier molecular flexibility index (Phi) is 5.96. The van der Waals surface area contributed by atoms with Gasteiger partial charge in [-0.25, -0.2) is 4.79 Å². The van der Waals surface area contributed by atoms with Gasteiger partial charge in [0.05, 0.1) is 19.8 Å². The summed E-state index contributed by atoms with van der Waals surface area (Å²) in [7, 11) is 0. The second kappa shape index (κ2) is 7.95. The summed E-state index contributed by atoms with van der Waals surface area (Å²) in [5, 5.41) is 5.37. The zero-order valence-electron chi connectivity index (χ0n) is 12.5. The summed E-state index contributed by atoms with van der Waals surface area (Å²) >= 11 is 0. The summed E-state index contributed by atoms with van der Waals surface area (Å²) < 4.78 is 5.25. The normalized spacial score (nSPS) is 22.6. The summed E-state index contributed by atoms with van der Waals surface area (Å²) in [6.45, 7) is 4.77. The minimum Gasteiger partial charge on any atom is -0.379 e. The van der Waals surface area contributed by atoms with Crippen molar-refractivity contribution in [2.75, 3.05) is 52.5 Å². The zero-order valence-corrected chi connectivity index (χ0v) is 12.5. The minimum atomic E-state index is -0.581. The Bertz CT molecular complexity index is 425. The average molecular weight is 313 g/mol. The van der Waals surface area contributed by atoms with E-state index in [2.05, 4.69) is 15.5 Å². The first kappa shape index (κ1) is 16.5. The second-order valence-electron chi connectivity index (χ2n) is 5.42. The van der Waals surface area contributed by atoms with Crippen LogP contribution >= 0.6 is 0 Å². The molecule has 0 spiro atoms. The molecule has 0 aromatic rings. The van der Waals surface area contributed by atoms with E-state index in [9.17, 15) is 14.4 Å². The van der Waals surface area contributed by atoms with Crippen molar-refractivity contribution in [1.29, 1.82) is 0 Å². The van der Waals surface area contributed by atoms with Gasteiger partial charge >= 0.3 is 6.03 Å². The number of nitrogens with zero attached hydrogens (tertiary/aromatic N) is 2. The van der Waals surface area contributed by atoms with Gasteiger partial charge in [-0.05, 0) is 6.42 Å². The number of hydrogen-bond donors (Lipinski definition) is 3. The maximum atomic E-state index is 12.0. The molecule has 1 atom stereocenters. The van der Waals surface area contributed by atoms with Gasteiger partial charge in [-0.3, -0.25) is 14.5 Å². The highest BCUT2D eigenvalue weighted by Crippen LogP contribution is 2.10. The van der Waals surface area contributed by atoms with Crippen molar-refractivity contribution < 1.29 is 19.1 Å². The van der Waals surface area contributed by atoms with Gasteiger partial charge in [-0.1, -0.05) is 0 Å². The van der Waals surface area contributed by atoms with Crippen molar-refractivity contribution in [1.82, 2.24) is 20.4 Å². The molecular weight excluding hydrogens is 290 g/mol. The molecule has 4 N–H and O–H groups in total. The fraction of sp³-hybridized carbons (Fsp3) is 0.769. The van der Waals surface area contributed by atoms with Crippen molar-refractivity contribution in [2.24, 2.45) is 5.73 Å². The van der Waals surface area contributed by atoms with Crippen LogP contribution in [0.15, 0.2) is 0 Å². The fourth-order valence-corrected chi connectivity index (χ4v) is 2.58. The van der Waals surface area contributed by atoms with Crippen LogP contribution in [0.4, 0.5) is 4.79 Å². The van der Waals surface area contributed by atoms with Crippen LogP contribution in [-0.2, 0) is 14.3 Å². The van der Waals surface area contributed by atoms with Gasteiger partial charge < -0.3 is 26.0 Å². The molecule has 124 valence electrons. The van der Waals surface area contributed by atoms with Crippen LogP contribution in [-0.4, -0.2) is 86.2 Å². The Morgan fingerprint density at radius 3 is 2.68 bits per heavy atom. The molecule has 2 fully saturated rings. The molecule has 2 aliphatic heterocycles. The molecule has 2 aliphatic rings. The molecule has 2 saturated heterocycles. The quantitative estimate of drug-likeness (QED) is 0.510. The van der Waals surface area contributed by atoms with Gasteiger partial charge in [0.25, 0.3) is 0 Å². The third kappa shape index (κ3) is 4.85. The van der Waals surface area contributed by atoms with Gasteiger partial charge in [0, 0.05) is 32.7 Å². The topological polar surface area (TPSA) is 117 Å². The Balaban J connectivity index is 1.64. The Hall–Kier alpha value is -1.87. The van der Waals surface area contributed by atoms with Gasteiger partial charge in [0.2, 0.25) is 11.8 Å². The number of carbonyl (C=O) groups is 3. The number of nitrogens with one attached hydrogen (secondary N) is 2.